The van der Waals surface area contributed by atoms with Gasteiger partial charge >= 0.3 is 5.97 Å². The SMILES string of the molecule is CN(Cc1cc2ccccc2o1)C1COCC1C(=O)O. The van der Waals surface area contributed by atoms with Gasteiger partial charge in [-0.1, -0.05) is 18.2 Å². The zero-order valence-electron chi connectivity index (χ0n) is 11.3. The Morgan fingerprint density at radius 3 is 2.95 bits per heavy atom. The second-order valence-corrected chi connectivity index (χ2v) is 5.22. The topological polar surface area (TPSA) is 62.9 Å². The Morgan fingerprint density at radius 2 is 2.20 bits per heavy atom. The summed E-state index contributed by atoms with van der Waals surface area (Å²) in [4.78, 5) is 13.2. The van der Waals surface area contributed by atoms with Gasteiger partial charge in [0.2, 0.25) is 0 Å². The Morgan fingerprint density at radius 1 is 1.40 bits per heavy atom. The van der Waals surface area contributed by atoms with Crippen LogP contribution in [0.3, 0.4) is 0 Å². The van der Waals surface area contributed by atoms with E-state index in [0.717, 1.165) is 16.7 Å². The van der Waals surface area contributed by atoms with Gasteiger partial charge in [-0.3, -0.25) is 9.69 Å². The minimum Gasteiger partial charge on any atom is -0.481 e. The summed E-state index contributed by atoms with van der Waals surface area (Å²) in [6.45, 7) is 1.31. The number of carboxylic acids is 1. The molecule has 1 aromatic heterocycles. The fourth-order valence-electron chi connectivity index (χ4n) is 2.69. The van der Waals surface area contributed by atoms with Crippen molar-refractivity contribution in [2.45, 2.75) is 12.6 Å². The van der Waals surface area contributed by atoms with Crippen LogP contribution in [0.5, 0.6) is 0 Å². The molecule has 1 N–H and O–H groups in total. The zero-order chi connectivity index (χ0) is 14.1. The molecule has 5 nitrogen and oxygen atoms in total. The highest BCUT2D eigenvalue weighted by Gasteiger charge is 2.36. The number of fused-ring (bicyclic) bond motifs is 1. The van der Waals surface area contributed by atoms with Crippen molar-refractivity contribution < 1.29 is 19.1 Å². The largest absolute Gasteiger partial charge is 0.481 e. The third-order valence-corrected chi connectivity index (χ3v) is 3.82. The van der Waals surface area contributed by atoms with Crippen LogP contribution in [0, 0.1) is 5.92 Å². The molecule has 20 heavy (non-hydrogen) atoms. The molecule has 0 spiro atoms. The Balaban J connectivity index is 1.75. The van der Waals surface area contributed by atoms with Gasteiger partial charge in [-0.2, -0.15) is 0 Å². The van der Waals surface area contributed by atoms with Crippen LogP contribution in [-0.2, 0) is 16.1 Å². The molecule has 0 bridgehead atoms. The molecule has 0 radical (unpaired) electrons. The number of nitrogens with zero attached hydrogens (tertiary/aromatic N) is 1. The van der Waals surface area contributed by atoms with Crippen molar-refractivity contribution in [1.82, 2.24) is 4.90 Å². The number of likely N-dealkylation sites (N-methyl/N-ethyl adjacent to an activating group) is 1. The van der Waals surface area contributed by atoms with Crippen LogP contribution in [0.4, 0.5) is 0 Å². The molecular formula is C15H17NO4. The second-order valence-electron chi connectivity index (χ2n) is 5.22. The number of benzene rings is 1. The Labute approximate surface area is 116 Å². The third-order valence-electron chi connectivity index (χ3n) is 3.82. The molecule has 0 aliphatic carbocycles. The van der Waals surface area contributed by atoms with E-state index in [0.29, 0.717) is 13.2 Å². The summed E-state index contributed by atoms with van der Waals surface area (Å²) in [7, 11) is 1.91. The highest BCUT2D eigenvalue weighted by atomic mass is 16.5. The molecule has 106 valence electrons. The quantitative estimate of drug-likeness (QED) is 0.924. The number of para-hydroxylation sites is 1. The fourth-order valence-corrected chi connectivity index (χ4v) is 2.69. The van der Waals surface area contributed by atoms with E-state index in [4.69, 9.17) is 9.15 Å². The van der Waals surface area contributed by atoms with E-state index in [2.05, 4.69) is 0 Å². The van der Waals surface area contributed by atoms with Crippen molar-refractivity contribution in [3.8, 4) is 0 Å². The normalized spacial score (nSPS) is 22.7. The first-order chi connectivity index (χ1) is 9.65. The summed E-state index contributed by atoms with van der Waals surface area (Å²) in [6.07, 6.45) is 0. The molecule has 2 unspecified atom stereocenters. The molecule has 5 heteroatoms. The number of aliphatic carboxylic acids is 1. The number of rotatable bonds is 4. The standard InChI is InChI=1S/C15H17NO4/c1-16(13-9-19-8-12(13)15(17)18)7-11-6-10-4-2-3-5-14(10)20-11/h2-6,12-13H,7-9H2,1H3,(H,17,18). The number of carbonyl (C=O) groups is 1. The maximum absolute atomic E-state index is 11.2. The number of hydrogen-bond acceptors (Lipinski definition) is 4. The summed E-state index contributed by atoms with van der Waals surface area (Å²) in [5, 5.41) is 10.2. The second kappa shape index (κ2) is 5.26. The molecule has 1 saturated heterocycles. The summed E-state index contributed by atoms with van der Waals surface area (Å²) < 4.78 is 11.1. The maximum atomic E-state index is 11.2. The fraction of sp³-hybridized carbons (Fsp3) is 0.400. The van der Waals surface area contributed by atoms with Gasteiger partial charge in [0, 0.05) is 11.4 Å². The summed E-state index contributed by atoms with van der Waals surface area (Å²) >= 11 is 0. The van der Waals surface area contributed by atoms with Crippen molar-refractivity contribution in [1.29, 1.82) is 0 Å². The van der Waals surface area contributed by atoms with Gasteiger partial charge in [0.1, 0.15) is 11.3 Å². The third kappa shape index (κ3) is 2.42. The average molecular weight is 275 g/mol. The first-order valence-electron chi connectivity index (χ1n) is 6.63. The predicted octanol–water partition coefficient (Wildman–Crippen LogP) is 1.96. The summed E-state index contributed by atoms with van der Waals surface area (Å²) in [5.74, 6) is -0.432. The van der Waals surface area contributed by atoms with Gasteiger partial charge in [-0.15, -0.1) is 0 Å². The minimum atomic E-state index is -0.802. The van der Waals surface area contributed by atoms with Gasteiger partial charge in [0.25, 0.3) is 0 Å². The van der Waals surface area contributed by atoms with E-state index >= 15 is 0 Å². The molecule has 2 atom stereocenters. The Kier molecular flexibility index (Phi) is 3.46. The first kappa shape index (κ1) is 13.1. The van der Waals surface area contributed by atoms with Crippen molar-refractivity contribution in [3.63, 3.8) is 0 Å². The van der Waals surface area contributed by atoms with E-state index in [1.165, 1.54) is 0 Å². The van der Waals surface area contributed by atoms with Crippen LogP contribution in [0.15, 0.2) is 34.7 Å². The van der Waals surface area contributed by atoms with Gasteiger partial charge in [0.05, 0.1) is 25.7 Å². The van der Waals surface area contributed by atoms with Crippen LogP contribution >= 0.6 is 0 Å². The average Bonchev–Trinajstić information content (AvgIpc) is 3.04. The van der Waals surface area contributed by atoms with E-state index in [9.17, 15) is 9.90 Å². The van der Waals surface area contributed by atoms with Crippen molar-refractivity contribution in [3.05, 3.63) is 36.1 Å². The van der Waals surface area contributed by atoms with Crippen LogP contribution < -0.4 is 0 Å². The zero-order valence-corrected chi connectivity index (χ0v) is 11.3. The molecule has 1 aromatic carbocycles. The van der Waals surface area contributed by atoms with E-state index in [-0.39, 0.29) is 12.6 Å². The first-order valence-corrected chi connectivity index (χ1v) is 6.63. The molecule has 2 aromatic rings. The van der Waals surface area contributed by atoms with Crippen molar-refractivity contribution in [2.75, 3.05) is 20.3 Å². The molecule has 0 amide bonds. The van der Waals surface area contributed by atoms with Crippen LogP contribution in [0.2, 0.25) is 0 Å². The van der Waals surface area contributed by atoms with Gasteiger partial charge in [0.15, 0.2) is 0 Å². The number of furan rings is 1. The van der Waals surface area contributed by atoms with Crippen molar-refractivity contribution in [2.24, 2.45) is 5.92 Å². The Bertz CT molecular complexity index is 588. The summed E-state index contributed by atoms with van der Waals surface area (Å²) in [5.41, 5.74) is 0.855. The molecule has 1 aliphatic rings. The van der Waals surface area contributed by atoms with Crippen LogP contribution in [0.25, 0.3) is 11.0 Å². The molecular weight excluding hydrogens is 258 g/mol. The lowest BCUT2D eigenvalue weighted by Gasteiger charge is -2.24. The molecule has 2 heterocycles. The lowest BCUT2D eigenvalue weighted by atomic mass is 10.0. The highest BCUT2D eigenvalue weighted by molar-refractivity contribution is 5.77. The highest BCUT2D eigenvalue weighted by Crippen LogP contribution is 2.23. The lowest BCUT2D eigenvalue weighted by molar-refractivity contribution is -0.143. The minimum absolute atomic E-state index is 0.110. The van der Waals surface area contributed by atoms with E-state index < -0.39 is 11.9 Å². The molecule has 1 aliphatic heterocycles. The maximum Gasteiger partial charge on any atom is 0.310 e. The number of ether oxygens (including phenoxy) is 1. The van der Waals surface area contributed by atoms with Gasteiger partial charge < -0.3 is 14.3 Å². The lowest BCUT2D eigenvalue weighted by Crippen LogP contribution is -2.40. The number of carboxylic acid groups (broad SMARTS) is 1. The van der Waals surface area contributed by atoms with Gasteiger partial charge in [-0.05, 0) is 19.2 Å². The monoisotopic (exact) mass is 275 g/mol. The van der Waals surface area contributed by atoms with Crippen LogP contribution in [-0.4, -0.2) is 42.3 Å². The van der Waals surface area contributed by atoms with Crippen molar-refractivity contribution >= 4 is 16.9 Å². The summed E-state index contributed by atoms with van der Waals surface area (Å²) in [6, 6.07) is 9.72. The smallest absolute Gasteiger partial charge is 0.310 e. The molecule has 0 saturated carbocycles. The van der Waals surface area contributed by atoms with Gasteiger partial charge in [-0.25, -0.2) is 0 Å². The molecule has 3 rings (SSSR count). The van der Waals surface area contributed by atoms with E-state index in [1.54, 1.807) is 0 Å². The van der Waals surface area contributed by atoms with E-state index in [1.807, 2.05) is 42.3 Å². The van der Waals surface area contributed by atoms with Crippen LogP contribution in [0.1, 0.15) is 5.76 Å². The molecule has 1 fully saturated rings. The Hall–Kier alpha value is -1.85. The predicted molar refractivity (Wildman–Crippen MR) is 73.4 cm³/mol. The number of hydrogen-bond donors (Lipinski definition) is 1.